The molecule has 1 unspecified atom stereocenters. The van der Waals surface area contributed by atoms with Gasteiger partial charge in [-0.15, -0.1) is 11.3 Å². The van der Waals surface area contributed by atoms with Gasteiger partial charge in [0.2, 0.25) is 5.91 Å². The van der Waals surface area contributed by atoms with E-state index in [1.807, 2.05) is 25.1 Å². The van der Waals surface area contributed by atoms with Gasteiger partial charge in [0.15, 0.2) is 5.12 Å². The van der Waals surface area contributed by atoms with Gasteiger partial charge in [0.25, 0.3) is 0 Å². The fourth-order valence-corrected chi connectivity index (χ4v) is 4.16. The highest BCUT2D eigenvalue weighted by molar-refractivity contribution is 8.14. The predicted molar refractivity (Wildman–Crippen MR) is 83.4 cm³/mol. The Morgan fingerprint density at radius 2 is 2.30 bits per heavy atom. The number of benzene rings is 1. The number of aryl methyl sites for hydroxylation is 1. The van der Waals surface area contributed by atoms with Crippen LogP contribution in [0, 0.1) is 6.92 Å². The number of nitrogens with zero attached hydrogens (tertiary/aromatic N) is 2. The number of carbonyl (C=O) groups is 2. The van der Waals surface area contributed by atoms with Gasteiger partial charge in [-0.25, -0.2) is 4.98 Å². The molecule has 0 spiro atoms. The maximum Gasteiger partial charge on any atom is 0.228 e. The highest BCUT2D eigenvalue weighted by Crippen LogP contribution is 2.31. The van der Waals surface area contributed by atoms with Crippen LogP contribution in [0.15, 0.2) is 18.2 Å². The van der Waals surface area contributed by atoms with Crippen molar-refractivity contribution in [1.82, 2.24) is 4.98 Å². The number of carbonyl (C=O) groups excluding carboxylic acids is 2. The van der Waals surface area contributed by atoms with E-state index >= 15 is 0 Å². The van der Waals surface area contributed by atoms with Crippen molar-refractivity contribution in [3.63, 3.8) is 0 Å². The molecule has 0 saturated carbocycles. The zero-order chi connectivity index (χ0) is 14.3. The minimum atomic E-state index is 0.0628. The average Bonchev–Trinajstić information content (AvgIpc) is 2.89. The van der Waals surface area contributed by atoms with Crippen LogP contribution in [0.5, 0.6) is 0 Å². The molecule has 6 heteroatoms. The van der Waals surface area contributed by atoms with Gasteiger partial charge in [-0.05, 0) is 25.1 Å². The first-order valence-corrected chi connectivity index (χ1v) is 8.07. The molecule has 0 N–H and O–H groups in total. The van der Waals surface area contributed by atoms with Crippen LogP contribution in [0.3, 0.4) is 0 Å². The van der Waals surface area contributed by atoms with Gasteiger partial charge < -0.3 is 4.90 Å². The molecule has 1 aromatic heterocycles. The van der Waals surface area contributed by atoms with Crippen LogP contribution in [0.2, 0.25) is 0 Å². The highest BCUT2D eigenvalue weighted by atomic mass is 32.2. The Hall–Kier alpha value is -1.40. The second kappa shape index (κ2) is 5.18. The number of thioether (sulfide) groups is 1. The summed E-state index contributed by atoms with van der Waals surface area (Å²) < 4.78 is 1.13. The lowest BCUT2D eigenvalue weighted by molar-refractivity contribution is -0.117. The first-order chi connectivity index (χ1) is 9.52. The second-order valence-corrected chi connectivity index (χ2v) is 7.54. The Morgan fingerprint density at radius 3 is 3.05 bits per heavy atom. The molecule has 3 rings (SSSR count). The van der Waals surface area contributed by atoms with Crippen molar-refractivity contribution in [1.29, 1.82) is 0 Å². The first kappa shape index (κ1) is 13.6. The molecule has 1 saturated heterocycles. The van der Waals surface area contributed by atoms with E-state index in [-0.39, 0.29) is 16.3 Å². The number of fused-ring (bicyclic) bond motifs is 1. The summed E-state index contributed by atoms with van der Waals surface area (Å²) in [6, 6.07) is 5.92. The third-order valence-electron chi connectivity index (χ3n) is 3.21. The molecule has 1 aliphatic heterocycles. The summed E-state index contributed by atoms with van der Waals surface area (Å²) in [5.41, 5.74) is 1.81. The van der Waals surface area contributed by atoms with E-state index in [2.05, 4.69) is 4.98 Å². The Labute approximate surface area is 125 Å². The predicted octanol–water partition coefficient (Wildman–Crippen LogP) is 2.99. The third-order valence-corrected chi connectivity index (χ3v) is 5.14. The molecule has 0 bridgehead atoms. The Bertz CT molecular complexity index is 696. The standard InChI is InChI=1S/C14H14N2O2S2/c1-8-15-12-5-10(3-4-13(12)19-8)16-7-11(6-14(16)18)20-9(2)17/h3-5,11H,6-7H2,1-2H3. The average molecular weight is 306 g/mol. The summed E-state index contributed by atoms with van der Waals surface area (Å²) in [7, 11) is 0. The van der Waals surface area contributed by atoms with Gasteiger partial charge >= 0.3 is 0 Å². The topological polar surface area (TPSA) is 50.3 Å². The molecule has 0 radical (unpaired) electrons. The van der Waals surface area contributed by atoms with Crippen molar-refractivity contribution in [3.8, 4) is 0 Å². The number of anilines is 1. The van der Waals surface area contributed by atoms with Crippen molar-refractivity contribution in [3.05, 3.63) is 23.2 Å². The summed E-state index contributed by atoms with van der Waals surface area (Å²) in [6.07, 6.45) is 0.429. The molecule has 20 heavy (non-hydrogen) atoms. The summed E-state index contributed by atoms with van der Waals surface area (Å²) in [6.45, 7) is 4.12. The number of aromatic nitrogens is 1. The number of thiazole rings is 1. The van der Waals surface area contributed by atoms with Crippen molar-refractivity contribution < 1.29 is 9.59 Å². The molecule has 1 aliphatic rings. The van der Waals surface area contributed by atoms with Crippen molar-refractivity contribution in [2.75, 3.05) is 11.4 Å². The maximum absolute atomic E-state index is 12.1. The van der Waals surface area contributed by atoms with Gasteiger partial charge in [-0.1, -0.05) is 11.8 Å². The lowest BCUT2D eigenvalue weighted by Gasteiger charge is -2.16. The molecule has 104 valence electrons. The molecule has 1 aromatic carbocycles. The van der Waals surface area contributed by atoms with Crippen molar-refractivity contribution in [2.24, 2.45) is 0 Å². The summed E-state index contributed by atoms with van der Waals surface area (Å²) >= 11 is 2.91. The minimum absolute atomic E-state index is 0.0628. The van der Waals surface area contributed by atoms with Gasteiger partial charge in [0, 0.05) is 30.8 Å². The van der Waals surface area contributed by atoms with Crippen LogP contribution < -0.4 is 4.90 Å². The van der Waals surface area contributed by atoms with Gasteiger partial charge in [-0.3, -0.25) is 9.59 Å². The van der Waals surface area contributed by atoms with Crippen LogP contribution in [-0.4, -0.2) is 27.8 Å². The van der Waals surface area contributed by atoms with E-state index < -0.39 is 0 Å². The van der Waals surface area contributed by atoms with Gasteiger partial charge in [0.05, 0.1) is 15.2 Å². The van der Waals surface area contributed by atoms with E-state index in [4.69, 9.17) is 0 Å². The van der Waals surface area contributed by atoms with Crippen LogP contribution in [0.25, 0.3) is 10.2 Å². The number of amides is 1. The van der Waals surface area contributed by atoms with Gasteiger partial charge in [-0.2, -0.15) is 0 Å². The summed E-state index contributed by atoms with van der Waals surface area (Å²) in [4.78, 5) is 29.5. The van der Waals surface area contributed by atoms with Crippen LogP contribution in [0.1, 0.15) is 18.4 Å². The Balaban J connectivity index is 1.87. The SMILES string of the molecule is CC(=O)SC1CC(=O)N(c2ccc3sc(C)nc3c2)C1. The van der Waals surface area contributed by atoms with E-state index in [0.29, 0.717) is 13.0 Å². The number of hydrogen-bond donors (Lipinski definition) is 0. The summed E-state index contributed by atoms with van der Waals surface area (Å²) in [5, 5.41) is 1.15. The highest BCUT2D eigenvalue weighted by Gasteiger charge is 2.32. The van der Waals surface area contributed by atoms with Crippen molar-refractivity contribution >= 4 is 50.0 Å². The Kier molecular flexibility index (Phi) is 3.52. The molecule has 2 aromatic rings. The van der Waals surface area contributed by atoms with Crippen molar-refractivity contribution in [2.45, 2.75) is 25.5 Å². The third kappa shape index (κ3) is 2.58. The lowest BCUT2D eigenvalue weighted by Crippen LogP contribution is -2.24. The van der Waals surface area contributed by atoms with E-state index in [1.54, 1.807) is 23.2 Å². The molecular weight excluding hydrogens is 292 g/mol. The Morgan fingerprint density at radius 1 is 1.50 bits per heavy atom. The fraction of sp³-hybridized carbons (Fsp3) is 0.357. The lowest BCUT2D eigenvalue weighted by atomic mass is 10.3. The largest absolute Gasteiger partial charge is 0.311 e. The normalized spacial score (nSPS) is 19.0. The minimum Gasteiger partial charge on any atom is -0.311 e. The number of rotatable bonds is 2. The molecule has 2 heterocycles. The van der Waals surface area contributed by atoms with E-state index in [1.165, 1.54) is 11.8 Å². The van der Waals surface area contributed by atoms with E-state index in [9.17, 15) is 9.59 Å². The maximum atomic E-state index is 12.1. The molecule has 1 atom stereocenters. The van der Waals surface area contributed by atoms with Crippen LogP contribution in [-0.2, 0) is 9.59 Å². The van der Waals surface area contributed by atoms with Crippen LogP contribution >= 0.6 is 23.1 Å². The molecule has 4 nitrogen and oxygen atoms in total. The molecule has 0 aliphatic carbocycles. The fourth-order valence-electron chi connectivity index (χ4n) is 2.44. The molecular formula is C14H14N2O2S2. The zero-order valence-corrected chi connectivity index (χ0v) is 12.9. The zero-order valence-electron chi connectivity index (χ0n) is 11.3. The quantitative estimate of drug-likeness (QED) is 0.856. The smallest absolute Gasteiger partial charge is 0.228 e. The monoisotopic (exact) mass is 306 g/mol. The van der Waals surface area contributed by atoms with Gasteiger partial charge in [0.1, 0.15) is 0 Å². The van der Waals surface area contributed by atoms with E-state index in [0.717, 1.165) is 20.9 Å². The van der Waals surface area contributed by atoms with Crippen LogP contribution in [0.4, 0.5) is 5.69 Å². The second-order valence-electron chi connectivity index (χ2n) is 4.82. The molecule has 1 amide bonds. The number of hydrogen-bond acceptors (Lipinski definition) is 5. The first-order valence-electron chi connectivity index (χ1n) is 6.38. The summed E-state index contributed by atoms with van der Waals surface area (Å²) in [5.74, 6) is 0.0788. The molecule has 1 fully saturated rings.